The van der Waals surface area contributed by atoms with Crippen molar-refractivity contribution in [3.8, 4) is 11.5 Å². The molecule has 4 rings (SSSR count). The van der Waals surface area contributed by atoms with Crippen molar-refractivity contribution in [3.63, 3.8) is 0 Å². The molecule has 1 aliphatic heterocycles. The summed E-state index contributed by atoms with van der Waals surface area (Å²) in [7, 11) is 3.10. The lowest BCUT2D eigenvalue weighted by Crippen LogP contribution is -2.56. The first kappa shape index (κ1) is 20.4. The van der Waals surface area contributed by atoms with Crippen molar-refractivity contribution in [3.05, 3.63) is 84.2 Å². The molecule has 0 spiro atoms. The van der Waals surface area contributed by atoms with Crippen LogP contribution in [0.3, 0.4) is 0 Å². The van der Waals surface area contributed by atoms with Gasteiger partial charge in [0.2, 0.25) is 5.91 Å². The molecule has 3 aromatic rings. The Labute approximate surface area is 179 Å². The zero-order valence-electron chi connectivity index (χ0n) is 17.1. The molecule has 1 fully saturated rings. The van der Waals surface area contributed by atoms with Crippen molar-refractivity contribution in [2.75, 3.05) is 30.6 Å². The number of piperazine rings is 1. The first-order valence-corrected chi connectivity index (χ1v) is 9.69. The number of carbonyl (C=O) groups is 2. The predicted molar refractivity (Wildman–Crippen MR) is 115 cm³/mol. The van der Waals surface area contributed by atoms with E-state index in [9.17, 15) is 14.0 Å². The van der Waals surface area contributed by atoms with Gasteiger partial charge in [-0.3, -0.25) is 19.4 Å². The second-order valence-corrected chi connectivity index (χ2v) is 7.01. The number of hydrogen-bond donors (Lipinski definition) is 0. The van der Waals surface area contributed by atoms with Crippen LogP contribution in [-0.2, 0) is 9.59 Å². The van der Waals surface area contributed by atoms with Gasteiger partial charge < -0.3 is 9.47 Å². The third-order valence-corrected chi connectivity index (χ3v) is 5.25. The zero-order chi connectivity index (χ0) is 22.0. The smallest absolute Gasteiger partial charge is 0.255 e. The number of nitrogens with zero attached hydrogens (tertiary/aromatic N) is 2. The minimum atomic E-state index is -0.958. The van der Waals surface area contributed by atoms with Gasteiger partial charge in [0.1, 0.15) is 29.9 Å². The number of hydrogen-bond acceptors (Lipinski definition) is 4. The molecular weight excluding hydrogens is 399 g/mol. The number of benzene rings is 3. The Morgan fingerprint density at radius 3 is 2.00 bits per heavy atom. The topological polar surface area (TPSA) is 59.1 Å². The number of amides is 2. The fourth-order valence-electron chi connectivity index (χ4n) is 3.68. The van der Waals surface area contributed by atoms with E-state index in [1.807, 2.05) is 0 Å². The molecule has 3 aromatic carbocycles. The van der Waals surface area contributed by atoms with Gasteiger partial charge in [0, 0.05) is 5.69 Å². The van der Waals surface area contributed by atoms with Crippen LogP contribution in [0.1, 0.15) is 11.6 Å². The molecule has 0 N–H and O–H groups in total. The van der Waals surface area contributed by atoms with Crippen LogP contribution < -0.4 is 19.3 Å². The molecule has 1 aliphatic rings. The summed E-state index contributed by atoms with van der Waals surface area (Å²) in [4.78, 5) is 29.5. The number of halogens is 1. The van der Waals surface area contributed by atoms with E-state index in [4.69, 9.17) is 9.47 Å². The predicted octanol–water partition coefficient (Wildman–Crippen LogP) is 3.96. The number of rotatable bonds is 5. The number of carbonyl (C=O) groups excluding carboxylic acids is 2. The summed E-state index contributed by atoms with van der Waals surface area (Å²) in [5.74, 6) is -0.0247. The Kier molecular flexibility index (Phi) is 5.58. The quantitative estimate of drug-likeness (QED) is 0.627. The Hall–Kier alpha value is -3.87. The third kappa shape index (κ3) is 3.82. The van der Waals surface area contributed by atoms with E-state index < -0.39 is 17.8 Å². The summed E-state index contributed by atoms with van der Waals surface area (Å²) in [5.41, 5.74) is 1.22. The second kappa shape index (κ2) is 8.47. The Bertz CT molecular complexity index is 1100. The van der Waals surface area contributed by atoms with E-state index in [1.54, 1.807) is 74.9 Å². The van der Waals surface area contributed by atoms with E-state index in [-0.39, 0.29) is 18.1 Å². The molecule has 0 aromatic heterocycles. The second-order valence-electron chi connectivity index (χ2n) is 7.01. The van der Waals surface area contributed by atoms with Crippen LogP contribution in [0.5, 0.6) is 11.5 Å². The largest absolute Gasteiger partial charge is 0.497 e. The van der Waals surface area contributed by atoms with Gasteiger partial charge in [0.25, 0.3) is 5.91 Å². The molecule has 31 heavy (non-hydrogen) atoms. The minimum absolute atomic E-state index is 0.0775. The van der Waals surface area contributed by atoms with Crippen LogP contribution in [0.15, 0.2) is 72.8 Å². The lowest BCUT2D eigenvalue weighted by Gasteiger charge is -2.40. The van der Waals surface area contributed by atoms with E-state index >= 15 is 0 Å². The summed E-state index contributed by atoms with van der Waals surface area (Å²) in [6, 6.07) is 18.8. The number of methoxy groups -OCH3 is 2. The van der Waals surface area contributed by atoms with Crippen molar-refractivity contribution < 1.29 is 23.5 Å². The maximum Gasteiger partial charge on any atom is 0.255 e. The SMILES string of the molecule is COc1ccc(C2C(=O)N(c3ccccc3F)CC(=O)N2c2ccc(OC)cc2)cc1. The molecule has 2 amide bonds. The van der Waals surface area contributed by atoms with Gasteiger partial charge in [-0.1, -0.05) is 24.3 Å². The molecular formula is C24H21FN2O4. The number of ether oxygens (including phenoxy) is 2. The van der Waals surface area contributed by atoms with Crippen molar-refractivity contribution in [1.29, 1.82) is 0 Å². The van der Waals surface area contributed by atoms with Crippen molar-refractivity contribution in [2.45, 2.75) is 6.04 Å². The molecule has 1 atom stereocenters. The average molecular weight is 420 g/mol. The van der Waals surface area contributed by atoms with Crippen LogP contribution in [0, 0.1) is 5.82 Å². The van der Waals surface area contributed by atoms with Gasteiger partial charge >= 0.3 is 0 Å². The first-order valence-electron chi connectivity index (χ1n) is 9.69. The fourth-order valence-corrected chi connectivity index (χ4v) is 3.68. The van der Waals surface area contributed by atoms with Crippen LogP contribution in [0.4, 0.5) is 15.8 Å². The lowest BCUT2D eigenvalue weighted by molar-refractivity contribution is -0.128. The highest BCUT2D eigenvalue weighted by atomic mass is 19.1. The maximum absolute atomic E-state index is 14.5. The Morgan fingerprint density at radius 1 is 0.839 bits per heavy atom. The maximum atomic E-state index is 14.5. The van der Waals surface area contributed by atoms with Crippen LogP contribution >= 0.6 is 0 Å². The standard InChI is InChI=1S/C24H21FN2O4/c1-30-18-11-7-16(8-12-18)23-24(29)26(21-6-4-3-5-20(21)25)15-22(28)27(23)17-9-13-19(31-2)14-10-17/h3-14,23H,15H2,1-2H3. The van der Waals surface area contributed by atoms with Crippen LogP contribution in [-0.4, -0.2) is 32.6 Å². The highest BCUT2D eigenvalue weighted by molar-refractivity contribution is 6.14. The van der Waals surface area contributed by atoms with E-state index in [0.717, 1.165) is 0 Å². The first-order chi connectivity index (χ1) is 15.0. The van der Waals surface area contributed by atoms with E-state index in [1.165, 1.54) is 21.9 Å². The fraction of sp³-hybridized carbons (Fsp3) is 0.167. The molecule has 6 nitrogen and oxygen atoms in total. The van der Waals surface area contributed by atoms with E-state index in [2.05, 4.69) is 0 Å². The van der Waals surface area contributed by atoms with Gasteiger partial charge in [0.05, 0.1) is 19.9 Å². The summed E-state index contributed by atoms with van der Waals surface area (Å²) < 4.78 is 24.9. The molecule has 1 saturated heterocycles. The zero-order valence-corrected chi connectivity index (χ0v) is 17.1. The summed E-state index contributed by atoms with van der Waals surface area (Å²) in [6.45, 7) is -0.265. The van der Waals surface area contributed by atoms with Crippen LogP contribution in [0.2, 0.25) is 0 Å². The average Bonchev–Trinajstić information content (AvgIpc) is 2.81. The van der Waals surface area contributed by atoms with Gasteiger partial charge in [-0.25, -0.2) is 4.39 Å². The van der Waals surface area contributed by atoms with Gasteiger partial charge in [0.15, 0.2) is 0 Å². The number of para-hydroxylation sites is 1. The van der Waals surface area contributed by atoms with Crippen molar-refractivity contribution in [2.24, 2.45) is 0 Å². The Balaban J connectivity index is 1.80. The monoisotopic (exact) mass is 420 g/mol. The molecule has 0 aliphatic carbocycles. The van der Waals surface area contributed by atoms with Gasteiger partial charge in [-0.05, 0) is 54.1 Å². The molecule has 7 heteroatoms. The molecule has 1 heterocycles. The molecule has 0 bridgehead atoms. The highest BCUT2D eigenvalue weighted by Gasteiger charge is 2.42. The third-order valence-electron chi connectivity index (χ3n) is 5.25. The number of anilines is 2. The molecule has 158 valence electrons. The summed E-state index contributed by atoms with van der Waals surface area (Å²) >= 11 is 0. The van der Waals surface area contributed by atoms with E-state index in [0.29, 0.717) is 22.7 Å². The molecule has 1 unspecified atom stereocenters. The van der Waals surface area contributed by atoms with Crippen LogP contribution in [0.25, 0.3) is 0 Å². The van der Waals surface area contributed by atoms with Crippen molar-refractivity contribution >= 4 is 23.2 Å². The Morgan fingerprint density at radius 2 is 1.42 bits per heavy atom. The normalized spacial score (nSPS) is 16.4. The van der Waals surface area contributed by atoms with Gasteiger partial charge in [-0.2, -0.15) is 0 Å². The summed E-state index contributed by atoms with van der Waals surface area (Å²) in [5, 5.41) is 0. The van der Waals surface area contributed by atoms with Gasteiger partial charge in [-0.15, -0.1) is 0 Å². The summed E-state index contributed by atoms with van der Waals surface area (Å²) in [6.07, 6.45) is 0. The van der Waals surface area contributed by atoms with Crippen molar-refractivity contribution in [1.82, 2.24) is 0 Å². The molecule has 0 radical (unpaired) electrons. The highest BCUT2D eigenvalue weighted by Crippen LogP contribution is 2.36. The molecule has 0 saturated carbocycles. The lowest BCUT2D eigenvalue weighted by atomic mass is 9.99. The minimum Gasteiger partial charge on any atom is -0.497 e.